The van der Waals surface area contributed by atoms with Gasteiger partial charge in [0.05, 0.1) is 12.2 Å². The Morgan fingerprint density at radius 2 is 2.24 bits per heavy atom. The molecule has 0 unspecified atom stereocenters. The van der Waals surface area contributed by atoms with Crippen LogP contribution in [0.4, 0.5) is 0 Å². The third-order valence-corrected chi connectivity index (χ3v) is 2.63. The standard InChI is InChI=1S/C11H17N5O/c1-9-6-11(17-14-9)7-15(3)4-5-16-8-12-13-10(16)2/h6,8H,4-5,7H2,1-3H3. The molecule has 2 aromatic heterocycles. The van der Waals surface area contributed by atoms with Crippen molar-refractivity contribution in [3.8, 4) is 0 Å². The molecule has 0 aliphatic heterocycles. The summed E-state index contributed by atoms with van der Waals surface area (Å²) >= 11 is 0. The first-order valence-corrected chi connectivity index (χ1v) is 5.60. The second-order valence-electron chi connectivity index (χ2n) is 4.24. The lowest BCUT2D eigenvalue weighted by Crippen LogP contribution is -2.22. The Morgan fingerprint density at radius 1 is 1.41 bits per heavy atom. The number of hydrogen-bond donors (Lipinski definition) is 0. The molecule has 6 heteroatoms. The summed E-state index contributed by atoms with van der Waals surface area (Å²) < 4.78 is 7.20. The fourth-order valence-corrected chi connectivity index (χ4v) is 1.65. The highest BCUT2D eigenvalue weighted by Crippen LogP contribution is 2.05. The van der Waals surface area contributed by atoms with E-state index in [4.69, 9.17) is 4.52 Å². The van der Waals surface area contributed by atoms with Gasteiger partial charge in [-0.05, 0) is 20.9 Å². The molecular formula is C11H17N5O. The maximum absolute atomic E-state index is 5.17. The van der Waals surface area contributed by atoms with Crippen molar-refractivity contribution in [1.29, 1.82) is 0 Å². The van der Waals surface area contributed by atoms with E-state index in [0.29, 0.717) is 0 Å². The maximum atomic E-state index is 5.17. The lowest BCUT2D eigenvalue weighted by atomic mass is 10.3. The second-order valence-corrected chi connectivity index (χ2v) is 4.24. The van der Waals surface area contributed by atoms with E-state index >= 15 is 0 Å². The summed E-state index contributed by atoms with van der Waals surface area (Å²) in [6, 6.07) is 1.96. The van der Waals surface area contributed by atoms with Crippen LogP contribution in [0.15, 0.2) is 16.9 Å². The molecule has 0 N–H and O–H groups in total. The molecule has 0 fully saturated rings. The van der Waals surface area contributed by atoms with E-state index in [9.17, 15) is 0 Å². The van der Waals surface area contributed by atoms with Gasteiger partial charge < -0.3 is 9.09 Å². The molecule has 0 aliphatic rings. The fourth-order valence-electron chi connectivity index (χ4n) is 1.65. The molecular weight excluding hydrogens is 218 g/mol. The van der Waals surface area contributed by atoms with E-state index in [1.807, 2.05) is 24.5 Å². The van der Waals surface area contributed by atoms with Gasteiger partial charge in [-0.15, -0.1) is 10.2 Å². The van der Waals surface area contributed by atoms with Crippen molar-refractivity contribution in [2.24, 2.45) is 0 Å². The van der Waals surface area contributed by atoms with Crippen molar-refractivity contribution in [2.45, 2.75) is 26.9 Å². The van der Waals surface area contributed by atoms with Crippen LogP contribution in [0, 0.1) is 13.8 Å². The number of nitrogens with zero attached hydrogens (tertiary/aromatic N) is 5. The molecule has 0 radical (unpaired) electrons. The van der Waals surface area contributed by atoms with Gasteiger partial charge >= 0.3 is 0 Å². The maximum Gasteiger partial charge on any atom is 0.150 e. The van der Waals surface area contributed by atoms with Gasteiger partial charge in [0, 0.05) is 19.2 Å². The monoisotopic (exact) mass is 235 g/mol. The molecule has 0 atom stereocenters. The summed E-state index contributed by atoms with van der Waals surface area (Å²) in [6.07, 6.45) is 1.75. The number of aryl methyl sites for hydroxylation is 2. The minimum atomic E-state index is 0.766. The quantitative estimate of drug-likeness (QED) is 0.774. The molecule has 2 aromatic rings. The number of rotatable bonds is 5. The van der Waals surface area contributed by atoms with Crippen molar-refractivity contribution in [3.63, 3.8) is 0 Å². The van der Waals surface area contributed by atoms with Gasteiger partial charge in [0.25, 0.3) is 0 Å². The summed E-state index contributed by atoms with van der Waals surface area (Å²) in [5.41, 5.74) is 0.919. The molecule has 0 aliphatic carbocycles. The predicted molar refractivity (Wildman–Crippen MR) is 62.3 cm³/mol. The smallest absolute Gasteiger partial charge is 0.150 e. The molecule has 0 aromatic carbocycles. The highest BCUT2D eigenvalue weighted by molar-refractivity contribution is 5.02. The third-order valence-electron chi connectivity index (χ3n) is 2.63. The highest BCUT2D eigenvalue weighted by atomic mass is 16.5. The van der Waals surface area contributed by atoms with Crippen LogP contribution in [0.3, 0.4) is 0 Å². The Labute approximate surface area is 100 Å². The van der Waals surface area contributed by atoms with Crippen LogP contribution in [-0.4, -0.2) is 38.4 Å². The summed E-state index contributed by atoms with van der Waals surface area (Å²) in [7, 11) is 2.05. The van der Waals surface area contributed by atoms with Crippen LogP contribution in [0.5, 0.6) is 0 Å². The van der Waals surface area contributed by atoms with E-state index in [1.165, 1.54) is 0 Å². The van der Waals surface area contributed by atoms with Crippen molar-refractivity contribution < 1.29 is 4.52 Å². The minimum Gasteiger partial charge on any atom is -0.360 e. The first-order chi connectivity index (χ1) is 8.15. The molecule has 92 valence electrons. The van der Waals surface area contributed by atoms with Crippen molar-refractivity contribution >= 4 is 0 Å². The zero-order chi connectivity index (χ0) is 12.3. The average molecular weight is 235 g/mol. The Bertz CT molecular complexity index is 476. The normalized spacial score (nSPS) is 11.3. The Hall–Kier alpha value is -1.69. The number of aromatic nitrogens is 4. The summed E-state index contributed by atoms with van der Waals surface area (Å²) in [6.45, 7) is 6.43. The Balaban J connectivity index is 1.82. The second kappa shape index (κ2) is 5.09. The van der Waals surface area contributed by atoms with Crippen molar-refractivity contribution in [3.05, 3.63) is 29.7 Å². The zero-order valence-electron chi connectivity index (χ0n) is 10.4. The molecule has 0 saturated heterocycles. The van der Waals surface area contributed by atoms with Gasteiger partial charge in [-0.2, -0.15) is 0 Å². The predicted octanol–water partition coefficient (Wildman–Crippen LogP) is 1.01. The van der Waals surface area contributed by atoms with Gasteiger partial charge in [0.1, 0.15) is 12.2 Å². The minimum absolute atomic E-state index is 0.766. The average Bonchev–Trinajstić information content (AvgIpc) is 2.85. The molecule has 2 rings (SSSR count). The lowest BCUT2D eigenvalue weighted by Gasteiger charge is -2.14. The van der Waals surface area contributed by atoms with Crippen LogP contribution in [0.25, 0.3) is 0 Å². The van der Waals surface area contributed by atoms with E-state index in [-0.39, 0.29) is 0 Å². The van der Waals surface area contributed by atoms with Crippen LogP contribution in [-0.2, 0) is 13.1 Å². The Morgan fingerprint density at radius 3 is 2.82 bits per heavy atom. The van der Waals surface area contributed by atoms with Crippen molar-refractivity contribution in [2.75, 3.05) is 13.6 Å². The van der Waals surface area contributed by atoms with Crippen LogP contribution in [0.1, 0.15) is 17.3 Å². The fraction of sp³-hybridized carbons (Fsp3) is 0.545. The molecule has 6 nitrogen and oxygen atoms in total. The van der Waals surface area contributed by atoms with Crippen molar-refractivity contribution in [1.82, 2.24) is 24.8 Å². The van der Waals surface area contributed by atoms with Crippen LogP contribution >= 0.6 is 0 Å². The number of hydrogen-bond acceptors (Lipinski definition) is 5. The number of likely N-dealkylation sites (N-methyl/N-ethyl adjacent to an activating group) is 1. The zero-order valence-corrected chi connectivity index (χ0v) is 10.4. The van der Waals surface area contributed by atoms with E-state index in [1.54, 1.807) is 6.33 Å². The summed E-state index contributed by atoms with van der Waals surface area (Å²) in [5.74, 6) is 1.83. The molecule has 2 heterocycles. The highest BCUT2D eigenvalue weighted by Gasteiger charge is 2.06. The topological polar surface area (TPSA) is 60.0 Å². The van der Waals surface area contributed by atoms with E-state index < -0.39 is 0 Å². The Kier molecular flexibility index (Phi) is 3.53. The van der Waals surface area contributed by atoms with Crippen LogP contribution < -0.4 is 0 Å². The van der Waals surface area contributed by atoms with Crippen LogP contribution in [0.2, 0.25) is 0 Å². The largest absolute Gasteiger partial charge is 0.360 e. The molecule has 0 bridgehead atoms. The summed E-state index contributed by atoms with van der Waals surface area (Å²) in [4.78, 5) is 2.18. The molecule has 0 saturated carbocycles. The van der Waals surface area contributed by atoms with E-state index in [2.05, 4.69) is 27.3 Å². The van der Waals surface area contributed by atoms with Gasteiger partial charge in [0.15, 0.2) is 5.76 Å². The first-order valence-electron chi connectivity index (χ1n) is 5.60. The molecule has 17 heavy (non-hydrogen) atoms. The van der Waals surface area contributed by atoms with Gasteiger partial charge in [-0.3, -0.25) is 4.90 Å². The van der Waals surface area contributed by atoms with Gasteiger partial charge in [-0.1, -0.05) is 5.16 Å². The van der Waals surface area contributed by atoms with E-state index in [0.717, 1.165) is 36.9 Å². The molecule has 0 spiro atoms. The summed E-state index contributed by atoms with van der Waals surface area (Å²) in [5, 5.41) is 11.7. The SMILES string of the molecule is Cc1cc(CN(C)CCn2cnnc2C)on1. The lowest BCUT2D eigenvalue weighted by molar-refractivity contribution is 0.263. The first kappa shape index (κ1) is 11.8. The molecule has 0 amide bonds. The van der Waals surface area contributed by atoms with Gasteiger partial charge in [-0.25, -0.2) is 0 Å². The third kappa shape index (κ3) is 3.13. The van der Waals surface area contributed by atoms with Gasteiger partial charge in [0.2, 0.25) is 0 Å².